The molecule has 1 aliphatic rings. The zero-order valence-corrected chi connectivity index (χ0v) is 21.3. The molecule has 2 N–H and O–H groups in total. The molecule has 0 aliphatic carbocycles. The van der Waals surface area contributed by atoms with Gasteiger partial charge < -0.3 is 25.0 Å². The first-order valence-electron chi connectivity index (χ1n) is 12.0. The van der Waals surface area contributed by atoms with Gasteiger partial charge in [0.2, 0.25) is 17.8 Å². The number of imidazole rings is 1. The lowest BCUT2D eigenvalue weighted by Crippen LogP contribution is -2.33. The van der Waals surface area contributed by atoms with E-state index in [4.69, 9.17) is 15.0 Å². The number of aryl methyl sites for hydroxylation is 1. The lowest BCUT2D eigenvalue weighted by atomic mass is 9.96. The van der Waals surface area contributed by atoms with Crippen molar-refractivity contribution >= 4 is 23.5 Å². The van der Waals surface area contributed by atoms with Crippen LogP contribution >= 0.6 is 0 Å². The number of hydrogen-bond donors (Lipinski definition) is 2. The fraction of sp³-hybridized carbons (Fsp3) is 0.520. The van der Waals surface area contributed by atoms with E-state index in [1.165, 1.54) is 0 Å². The number of hydrogen-bond acceptors (Lipinski definition) is 8. The second kappa shape index (κ2) is 9.97. The van der Waals surface area contributed by atoms with Crippen LogP contribution in [-0.2, 0) is 0 Å². The number of aromatic nitrogens is 5. The van der Waals surface area contributed by atoms with Crippen molar-refractivity contribution in [3.05, 3.63) is 36.2 Å². The molecule has 182 valence electrons. The van der Waals surface area contributed by atoms with Crippen LogP contribution in [0.5, 0.6) is 0 Å². The second-order valence-corrected chi connectivity index (χ2v) is 10.4. The van der Waals surface area contributed by atoms with Gasteiger partial charge in [-0.25, -0.2) is 4.98 Å². The van der Waals surface area contributed by atoms with Gasteiger partial charge in [-0.2, -0.15) is 15.0 Å². The number of nitrogens with one attached hydrogen (secondary N) is 2. The summed E-state index contributed by atoms with van der Waals surface area (Å²) in [5, 5.41) is 3.47. The largest absolute Gasteiger partial charge is 0.345 e. The standard InChI is InChI=1S/C25H37N9/c1-18-8-9-19(21-26-10-11-27-21)16-20(18)28-22-29-23(33(6)17-25(2,3)4)31-24(30-22)34-13-7-12-32(5)14-15-34/h8-11,16H,7,12-15,17H2,1-6H3,(H,26,27)(H,28,29,30,31). The first-order chi connectivity index (χ1) is 16.2. The smallest absolute Gasteiger partial charge is 0.233 e. The van der Waals surface area contributed by atoms with Gasteiger partial charge in [0, 0.05) is 56.9 Å². The summed E-state index contributed by atoms with van der Waals surface area (Å²) in [7, 11) is 4.22. The zero-order chi connectivity index (χ0) is 24.3. The molecule has 0 unspecified atom stereocenters. The number of aromatic amines is 1. The molecule has 1 fully saturated rings. The van der Waals surface area contributed by atoms with Crippen LogP contribution in [0.3, 0.4) is 0 Å². The molecule has 0 atom stereocenters. The maximum absolute atomic E-state index is 4.89. The summed E-state index contributed by atoms with van der Waals surface area (Å²) in [6.07, 6.45) is 4.68. The molecule has 9 nitrogen and oxygen atoms in total. The number of likely N-dealkylation sites (N-methyl/N-ethyl adjacent to an activating group) is 1. The Labute approximate surface area is 202 Å². The highest BCUT2D eigenvalue weighted by Gasteiger charge is 2.21. The summed E-state index contributed by atoms with van der Waals surface area (Å²) < 4.78 is 0. The van der Waals surface area contributed by atoms with Crippen molar-refractivity contribution in [1.82, 2.24) is 29.8 Å². The zero-order valence-electron chi connectivity index (χ0n) is 21.3. The number of rotatable bonds is 6. The van der Waals surface area contributed by atoms with Gasteiger partial charge in [-0.15, -0.1) is 0 Å². The maximum Gasteiger partial charge on any atom is 0.233 e. The Bertz CT molecular complexity index is 1090. The SMILES string of the molecule is Cc1ccc(-c2ncc[nH]2)cc1Nc1nc(N(C)CC(C)(C)C)nc(N2CCCN(C)CC2)n1. The van der Waals surface area contributed by atoms with Crippen LogP contribution in [0, 0.1) is 12.3 Å². The molecule has 1 saturated heterocycles. The molecule has 3 aromatic rings. The topological polar surface area (TPSA) is 89.1 Å². The van der Waals surface area contributed by atoms with Crippen LogP contribution in [0.2, 0.25) is 0 Å². The van der Waals surface area contributed by atoms with E-state index in [1.54, 1.807) is 6.20 Å². The van der Waals surface area contributed by atoms with E-state index >= 15 is 0 Å². The van der Waals surface area contributed by atoms with Crippen LogP contribution in [0.15, 0.2) is 30.6 Å². The molecule has 1 aliphatic heterocycles. The summed E-state index contributed by atoms with van der Waals surface area (Å²) in [5.74, 6) is 2.79. The fourth-order valence-electron chi connectivity index (χ4n) is 4.20. The minimum atomic E-state index is 0.119. The predicted molar refractivity (Wildman–Crippen MR) is 139 cm³/mol. The first kappa shape index (κ1) is 23.9. The minimum absolute atomic E-state index is 0.119. The third-order valence-corrected chi connectivity index (χ3v) is 5.92. The lowest BCUT2D eigenvalue weighted by Gasteiger charge is -2.28. The molecule has 34 heavy (non-hydrogen) atoms. The number of benzene rings is 1. The summed E-state index contributed by atoms with van der Waals surface area (Å²) in [5.41, 5.74) is 3.19. The van der Waals surface area contributed by atoms with Gasteiger partial charge in [-0.1, -0.05) is 32.9 Å². The molecule has 3 heterocycles. The van der Waals surface area contributed by atoms with Crippen molar-refractivity contribution in [3.63, 3.8) is 0 Å². The molecule has 0 saturated carbocycles. The van der Waals surface area contributed by atoms with E-state index in [9.17, 15) is 0 Å². The van der Waals surface area contributed by atoms with E-state index in [0.717, 1.165) is 67.7 Å². The van der Waals surface area contributed by atoms with Gasteiger partial charge in [0.15, 0.2) is 0 Å². The number of H-pyrrole nitrogens is 1. The van der Waals surface area contributed by atoms with Gasteiger partial charge in [-0.3, -0.25) is 0 Å². The van der Waals surface area contributed by atoms with Crippen molar-refractivity contribution in [2.45, 2.75) is 34.1 Å². The van der Waals surface area contributed by atoms with Crippen molar-refractivity contribution in [2.75, 3.05) is 61.9 Å². The van der Waals surface area contributed by atoms with Crippen molar-refractivity contribution in [1.29, 1.82) is 0 Å². The number of anilines is 4. The molecule has 9 heteroatoms. The fourth-order valence-corrected chi connectivity index (χ4v) is 4.20. The molecule has 4 rings (SSSR count). The highest BCUT2D eigenvalue weighted by molar-refractivity contribution is 5.68. The Morgan fingerprint density at radius 2 is 1.91 bits per heavy atom. The molecule has 1 aromatic carbocycles. The monoisotopic (exact) mass is 463 g/mol. The van der Waals surface area contributed by atoms with Crippen LogP contribution in [0.25, 0.3) is 11.4 Å². The average Bonchev–Trinajstić information content (AvgIpc) is 3.22. The Hall–Kier alpha value is -3.20. The van der Waals surface area contributed by atoms with Gasteiger partial charge >= 0.3 is 0 Å². The van der Waals surface area contributed by atoms with E-state index < -0.39 is 0 Å². The van der Waals surface area contributed by atoms with Gasteiger partial charge in [-0.05, 0) is 44.0 Å². The van der Waals surface area contributed by atoms with E-state index in [-0.39, 0.29) is 5.41 Å². The molecule has 2 aromatic heterocycles. The van der Waals surface area contributed by atoms with Crippen LogP contribution in [-0.4, -0.2) is 76.6 Å². The third kappa shape index (κ3) is 6.02. The first-order valence-corrected chi connectivity index (χ1v) is 12.0. The van der Waals surface area contributed by atoms with Crippen molar-refractivity contribution in [2.24, 2.45) is 5.41 Å². The quantitative estimate of drug-likeness (QED) is 0.568. The highest BCUT2D eigenvalue weighted by Crippen LogP contribution is 2.27. The van der Waals surface area contributed by atoms with Gasteiger partial charge in [0.25, 0.3) is 0 Å². The van der Waals surface area contributed by atoms with Gasteiger partial charge in [0.05, 0.1) is 0 Å². The Morgan fingerprint density at radius 3 is 2.65 bits per heavy atom. The molecular weight excluding hydrogens is 426 g/mol. The molecule has 0 bridgehead atoms. The minimum Gasteiger partial charge on any atom is -0.345 e. The maximum atomic E-state index is 4.89. The Balaban J connectivity index is 1.68. The van der Waals surface area contributed by atoms with Crippen molar-refractivity contribution < 1.29 is 0 Å². The van der Waals surface area contributed by atoms with Crippen molar-refractivity contribution in [3.8, 4) is 11.4 Å². The van der Waals surface area contributed by atoms with E-state index in [0.29, 0.717) is 11.9 Å². The summed E-state index contributed by atoms with van der Waals surface area (Å²) in [4.78, 5) is 28.9. The molecule has 0 amide bonds. The summed E-state index contributed by atoms with van der Waals surface area (Å²) in [6.45, 7) is 13.5. The normalized spacial score (nSPS) is 15.3. The van der Waals surface area contributed by atoms with E-state index in [1.807, 2.05) is 13.2 Å². The lowest BCUT2D eigenvalue weighted by molar-refractivity contribution is 0.360. The van der Waals surface area contributed by atoms with Crippen LogP contribution in [0.1, 0.15) is 32.8 Å². The molecule has 0 radical (unpaired) electrons. The van der Waals surface area contributed by atoms with E-state index in [2.05, 4.69) is 82.9 Å². The highest BCUT2D eigenvalue weighted by atomic mass is 15.4. The predicted octanol–water partition coefficient (Wildman–Crippen LogP) is 3.94. The third-order valence-electron chi connectivity index (χ3n) is 5.92. The Kier molecular flexibility index (Phi) is 7.02. The number of nitrogens with zero attached hydrogens (tertiary/aromatic N) is 7. The van der Waals surface area contributed by atoms with Crippen LogP contribution < -0.4 is 15.1 Å². The molecular formula is C25H37N9. The average molecular weight is 464 g/mol. The second-order valence-electron chi connectivity index (χ2n) is 10.4. The summed E-state index contributed by atoms with van der Waals surface area (Å²) in [6, 6.07) is 6.23. The van der Waals surface area contributed by atoms with Crippen LogP contribution in [0.4, 0.5) is 23.5 Å². The van der Waals surface area contributed by atoms with Gasteiger partial charge in [0.1, 0.15) is 5.82 Å². The Morgan fingerprint density at radius 1 is 1.09 bits per heavy atom. The summed E-state index contributed by atoms with van der Waals surface area (Å²) >= 11 is 0. The molecule has 0 spiro atoms.